The van der Waals surface area contributed by atoms with Crippen LogP contribution in [0.1, 0.15) is 11.1 Å². The smallest absolute Gasteiger partial charge is 0.208 e. The molecular formula is C26H21ClO4. The molecule has 0 N–H and O–H groups in total. The fourth-order valence-electron chi connectivity index (χ4n) is 3.65. The van der Waals surface area contributed by atoms with Gasteiger partial charge in [-0.25, -0.2) is 0 Å². The summed E-state index contributed by atoms with van der Waals surface area (Å²) >= 11 is 6.35. The average Bonchev–Trinajstić information content (AvgIpc) is 2.82. The van der Waals surface area contributed by atoms with Crippen molar-refractivity contribution in [2.45, 2.75) is 13.2 Å². The molecule has 5 rings (SSSR count). The third-order valence-electron chi connectivity index (χ3n) is 5.12. The molecule has 0 fully saturated rings. The lowest BCUT2D eigenvalue weighted by Crippen LogP contribution is -2.17. The Balaban J connectivity index is 1.59. The summed E-state index contributed by atoms with van der Waals surface area (Å²) < 4.78 is 24.5. The second-order valence-corrected chi connectivity index (χ2v) is 7.69. The SMILES string of the molecule is Clc1ccc2c(OCc3ccccc3)c3c(c(OCc4ccccc4)c2c1)OCCO3. The maximum Gasteiger partial charge on any atom is 0.208 e. The molecule has 1 heterocycles. The van der Waals surface area contributed by atoms with Crippen molar-refractivity contribution < 1.29 is 18.9 Å². The van der Waals surface area contributed by atoms with Gasteiger partial charge in [0.2, 0.25) is 11.5 Å². The topological polar surface area (TPSA) is 36.9 Å². The van der Waals surface area contributed by atoms with Gasteiger partial charge in [-0.15, -0.1) is 0 Å². The molecule has 1 aliphatic rings. The molecule has 0 aromatic heterocycles. The lowest BCUT2D eigenvalue weighted by atomic mass is 10.1. The van der Waals surface area contributed by atoms with Crippen molar-refractivity contribution in [2.75, 3.05) is 13.2 Å². The van der Waals surface area contributed by atoms with Crippen LogP contribution in [-0.4, -0.2) is 13.2 Å². The highest BCUT2D eigenvalue weighted by Gasteiger charge is 2.27. The normalized spacial score (nSPS) is 12.5. The van der Waals surface area contributed by atoms with Crippen LogP contribution in [0.5, 0.6) is 23.0 Å². The van der Waals surface area contributed by atoms with Gasteiger partial charge in [-0.1, -0.05) is 72.3 Å². The van der Waals surface area contributed by atoms with E-state index in [2.05, 4.69) is 0 Å². The summed E-state index contributed by atoms with van der Waals surface area (Å²) in [5.74, 6) is 2.38. The highest BCUT2D eigenvalue weighted by Crippen LogP contribution is 2.53. The monoisotopic (exact) mass is 432 g/mol. The first-order chi connectivity index (χ1) is 15.3. The minimum absolute atomic E-state index is 0.405. The molecule has 4 aromatic carbocycles. The van der Waals surface area contributed by atoms with Crippen molar-refractivity contribution in [1.29, 1.82) is 0 Å². The molecule has 156 valence electrons. The van der Waals surface area contributed by atoms with Gasteiger partial charge in [0.25, 0.3) is 0 Å². The van der Waals surface area contributed by atoms with Gasteiger partial charge in [-0.3, -0.25) is 0 Å². The molecule has 0 radical (unpaired) electrons. The highest BCUT2D eigenvalue weighted by atomic mass is 35.5. The Hall–Kier alpha value is -3.37. The number of halogens is 1. The number of hydrogen-bond donors (Lipinski definition) is 0. The summed E-state index contributed by atoms with van der Waals surface area (Å²) in [6.45, 7) is 1.71. The average molecular weight is 433 g/mol. The van der Waals surface area contributed by atoms with E-state index in [1.807, 2.05) is 78.9 Å². The van der Waals surface area contributed by atoms with E-state index in [0.29, 0.717) is 54.4 Å². The zero-order valence-electron chi connectivity index (χ0n) is 16.8. The number of fused-ring (bicyclic) bond motifs is 2. The van der Waals surface area contributed by atoms with Crippen LogP contribution >= 0.6 is 11.6 Å². The van der Waals surface area contributed by atoms with Crippen LogP contribution < -0.4 is 18.9 Å². The van der Waals surface area contributed by atoms with Gasteiger partial charge >= 0.3 is 0 Å². The molecule has 0 atom stereocenters. The summed E-state index contributed by atoms with van der Waals surface area (Å²) in [6.07, 6.45) is 0. The van der Waals surface area contributed by atoms with Crippen LogP contribution in [0.3, 0.4) is 0 Å². The number of ether oxygens (including phenoxy) is 4. The molecule has 4 aromatic rings. The van der Waals surface area contributed by atoms with Crippen molar-refractivity contribution in [2.24, 2.45) is 0 Å². The Morgan fingerprint density at radius 3 is 1.71 bits per heavy atom. The maximum absolute atomic E-state index is 6.35. The van der Waals surface area contributed by atoms with Gasteiger partial charge in [-0.05, 0) is 29.3 Å². The van der Waals surface area contributed by atoms with E-state index < -0.39 is 0 Å². The van der Waals surface area contributed by atoms with Crippen molar-refractivity contribution in [1.82, 2.24) is 0 Å². The lowest BCUT2D eigenvalue weighted by Gasteiger charge is -2.25. The Morgan fingerprint density at radius 2 is 1.16 bits per heavy atom. The summed E-state index contributed by atoms with van der Waals surface area (Å²) in [5, 5.41) is 2.31. The van der Waals surface area contributed by atoms with Gasteiger partial charge in [0.15, 0.2) is 11.5 Å². The third-order valence-corrected chi connectivity index (χ3v) is 5.35. The molecule has 0 amide bonds. The Bertz CT molecular complexity index is 1190. The molecule has 0 saturated carbocycles. The van der Waals surface area contributed by atoms with E-state index in [-0.39, 0.29) is 0 Å². The Kier molecular flexibility index (Phi) is 5.55. The second kappa shape index (κ2) is 8.78. The summed E-state index contributed by atoms with van der Waals surface area (Å²) in [4.78, 5) is 0. The molecule has 1 aliphatic heterocycles. The zero-order chi connectivity index (χ0) is 21.0. The minimum Gasteiger partial charge on any atom is -0.484 e. The zero-order valence-corrected chi connectivity index (χ0v) is 17.6. The molecule has 0 unspecified atom stereocenters. The van der Waals surface area contributed by atoms with Gasteiger partial charge < -0.3 is 18.9 Å². The van der Waals surface area contributed by atoms with E-state index >= 15 is 0 Å². The Labute approximate surface area is 185 Å². The molecular weight excluding hydrogens is 412 g/mol. The van der Waals surface area contributed by atoms with Crippen LogP contribution in [0.25, 0.3) is 10.8 Å². The predicted octanol–water partition coefficient (Wildman–Crippen LogP) is 6.42. The quantitative estimate of drug-likeness (QED) is 0.352. The van der Waals surface area contributed by atoms with E-state index in [1.54, 1.807) is 0 Å². The van der Waals surface area contributed by atoms with Crippen LogP contribution in [0.2, 0.25) is 5.02 Å². The summed E-state index contributed by atoms with van der Waals surface area (Å²) in [6, 6.07) is 25.7. The molecule has 0 aliphatic carbocycles. The van der Waals surface area contributed by atoms with Crippen molar-refractivity contribution in [3.63, 3.8) is 0 Å². The number of benzene rings is 4. The fourth-order valence-corrected chi connectivity index (χ4v) is 3.82. The van der Waals surface area contributed by atoms with Crippen LogP contribution in [0, 0.1) is 0 Å². The van der Waals surface area contributed by atoms with E-state index in [0.717, 1.165) is 21.9 Å². The van der Waals surface area contributed by atoms with Gasteiger partial charge in [0, 0.05) is 15.8 Å². The number of rotatable bonds is 6. The first-order valence-corrected chi connectivity index (χ1v) is 10.6. The standard InChI is InChI=1S/C26H21ClO4/c27-20-11-12-21-22(15-20)24(31-17-19-9-5-2-6-10-19)26-25(28-13-14-29-26)23(21)30-16-18-7-3-1-4-8-18/h1-12,15H,13-14,16-17H2. The molecule has 0 saturated heterocycles. The molecule has 4 nitrogen and oxygen atoms in total. The largest absolute Gasteiger partial charge is 0.484 e. The second-order valence-electron chi connectivity index (χ2n) is 7.25. The number of hydrogen-bond acceptors (Lipinski definition) is 4. The maximum atomic E-state index is 6.35. The van der Waals surface area contributed by atoms with Crippen LogP contribution in [0.15, 0.2) is 78.9 Å². The van der Waals surface area contributed by atoms with Crippen molar-refractivity contribution in [3.8, 4) is 23.0 Å². The van der Waals surface area contributed by atoms with E-state index in [9.17, 15) is 0 Å². The highest BCUT2D eigenvalue weighted by molar-refractivity contribution is 6.31. The molecule has 0 bridgehead atoms. The first-order valence-electron chi connectivity index (χ1n) is 10.2. The summed E-state index contributed by atoms with van der Waals surface area (Å²) in [7, 11) is 0. The van der Waals surface area contributed by atoms with Crippen molar-refractivity contribution in [3.05, 3.63) is 95.0 Å². The molecule has 0 spiro atoms. The van der Waals surface area contributed by atoms with E-state index in [1.165, 1.54) is 0 Å². The molecule has 5 heteroatoms. The van der Waals surface area contributed by atoms with Gasteiger partial charge in [0.05, 0.1) is 0 Å². The van der Waals surface area contributed by atoms with Crippen LogP contribution in [0.4, 0.5) is 0 Å². The Morgan fingerprint density at radius 1 is 0.645 bits per heavy atom. The molecule has 31 heavy (non-hydrogen) atoms. The van der Waals surface area contributed by atoms with Gasteiger partial charge in [-0.2, -0.15) is 0 Å². The van der Waals surface area contributed by atoms with Crippen LogP contribution in [-0.2, 0) is 13.2 Å². The lowest BCUT2D eigenvalue weighted by molar-refractivity contribution is 0.153. The van der Waals surface area contributed by atoms with Gasteiger partial charge in [0.1, 0.15) is 26.4 Å². The third kappa shape index (κ3) is 4.12. The predicted molar refractivity (Wildman–Crippen MR) is 121 cm³/mol. The first kappa shape index (κ1) is 19.6. The van der Waals surface area contributed by atoms with E-state index in [4.69, 9.17) is 30.5 Å². The van der Waals surface area contributed by atoms with Crippen molar-refractivity contribution >= 4 is 22.4 Å². The fraction of sp³-hybridized carbons (Fsp3) is 0.154. The summed E-state index contributed by atoms with van der Waals surface area (Å²) in [5.41, 5.74) is 2.13. The minimum atomic E-state index is 0.405.